The van der Waals surface area contributed by atoms with Crippen LogP contribution in [0.25, 0.3) is 5.69 Å². The van der Waals surface area contributed by atoms with Crippen molar-refractivity contribution in [1.82, 2.24) is 14.7 Å². The average Bonchev–Trinajstić information content (AvgIpc) is 3.30. The number of nitrogens with zero attached hydrogens (tertiary/aromatic N) is 4. The first-order chi connectivity index (χ1) is 10.7. The van der Waals surface area contributed by atoms with Crippen LogP contribution in [0.4, 0.5) is 0 Å². The molecule has 0 unspecified atom stereocenters. The summed E-state index contributed by atoms with van der Waals surface area (Å²) < 4.78 is 6.98. The summed E-state index contributed by atoms with van der Waals surface area (Å²) in [5.41, 5.74) is 7.86. The van der Waals surface area contributed by atoms with Crippen LogP contribution in [0.3, 0.4) is 0 Å². The van der Waals surface area contributed by atoms with Crippen molar-refractivity contribution in [3.05, 3.63) is 42.2 Å². The highest BCUT2D eigenvalue weighted by Crippen LogP contribution is 2.24. The molecule has 3 rings (SSSR count). The van der Waals surface area contributed by atoms with Crippen molar-refractivity contribution in [3.8, 4) is 11.4 Å². The number of nitrogens with two attached hydrogens (primary N) is 1. The molecular formula is C16H22IN5O. The third-order valence-electron chi connectivity index (χ3n) is 3.84. The van der Waals surface area contributed by atoms with Gasteiger partial charge in [0.2, 0.25) is 0 Å². The van der Waals surface area contributed by atoms with Crippen LogP contribution < -0.4 is 10.5 Å². The topological polar surface area (TPSA) is 68.7 Å². The Morgan fingerprint density at radius 3 is 2.65 bits per heavy atom. The van der Waals surface area contributed by atoms with E-state index in [1.165, 1.54) is 12.8 Å². The Balaban J connectivity index is 0.00000192. The van der Waals surface area contributed by atoms with E-state index in [0.29, 0.717) is 18.5 Å². The van der Waals surface area contributed by atoms with E-state index in [4.69, 9.17) is 10.5 Å². The second-order valence-electron chi connectivity index (χ2n) is 5.47. The molecule has 124 valence electrons. The molecule has 0 bridgehead atoms. The van der Waals surface area contributed by atoms with Gasteiger partial charge in [-0.2, -0.15) is 5.10 Å². The summed E-state index contributed by atoms with van der Waals surface area (Å²) in [6, 6.07) is 10.3. The van der Waals surface area contributed by atoms with E-state index in [1.54, 1.807) is 7.11 Å². The number of aromatic nitrogens is 2. The standard InChI is InChI=1S/C16H21N5O.HI/c1-20(13-3-4-13)16(17)18-11-12-9-10-21(19-12)14-5-7-15(22-2)8-6-14;/h5-10,13H,3-4,11H2,1-2H3,(H2,17,18);1H. The zero-order valence-corrected chi connectivity index (χ0v) is 15.7. The number of guanidine groups is 1. The largest absolute Gasteiger partial charge is 0.497 e. The zero-order valence-electron chi connectivity index (χ0n) is 13.3. The Bertz CT molecular complexity index is 663. The molecule has 0 saturated heterocycles. The number of rotatable bonds is 5. The van der Waals surface area contributed by atoms with Crippen LogP contribution in [-0.2, 0) is 6.54 Å². The van der Waals surface area contributed by atoms with Crippen molar-refractivity contribution < 1.29 is 4.74 Å². The SMILES string of the molecule is COc1ccc(-n2ccc(CN=C(N)N(C)C3CC3)n2)cc1.I. The molecule has 23 heavy (non-hydrogen) atoms. The minimum absolute atomic E-state index is 0. The van der Waals surface area contributed by atoms with Crippen LogP contribution in [-0.4, -0.2) is 40.8 Å². The molecule has 7 heteroatoms. The van der Waals surface area contributed by atoms with Gasteiger partial charge in [0, 0.05) is 19.3 Å². The van der Waals surface area contributed by atoms with E-state index in [9.17, 15) is 0 Å². The van der Waals surface area contributed by atoms with Gasteiger partial charge in [0.15, 0.2) is 5.96 Å². The number of halogens is 1. The molecule has 0 aliphatic heterocycles. The van der Waals surface area contributed by atoms with E-state index in [2.05, 4.69) is 10.1 Å². The number of hydrogen-bond acceptors (Lipinski definition) is 3. The van der Waals surface area contributed by atoms with Gasteiger partial charge in [0.25, 0.3) is 0 Å². The predicted octanol–water partition coefficient (Wildman–Crippen LogP) is 2.41. The van der Waals surface area contributed by atoms with E-state index in [1.807, 2.05) is 53.2 Å². The number of aliphatic imine (C=N–C) groups is 1. The number of ether oxygens (including phenoxy) is 1. The van der Waals surface area contributed by atoms with E-state index in [0.717, 1.165) is 17.1 Å². The molecule has 1 aromatic carbocycles. The van der Waals surface area contributed by atoms with Crippen molar-refractivity contribution in [1.29, 1.82) is 0 Å². The van der Waals surface area contributed by atoms with Gasteiger partial charge in [0.1, 0.15) is 5.75 Å². The van der Waals surface area contributed by atoms with Crippen molar-refractivity contribution in [2.24, 2.45) is 10.7 Å². The van der Waals surface area contributed by atoms with E-state index in [-0.39, 0.29) is 24.0 Å². The van der Waals surface area contributed by atoms with Crippen molar-refractivity contribution >= 4 is 29.9 Å². The maximum atomic E-state index is 5.98. The fourth-order valence-electron chi connectivity index (χ4n) is 2.25. The summed E-state index contributed by atoms with van der Waals surface area (Å²) in [4.78, 5) is 6.46. The molecule has 0 radical (unpaired) electrons. The molecule has 0 amide bonds. The Morgan fingerprint density at radius 2 is 2.04 bits per heavy atom. The fraction of sp³-hybridized carbons (Fsp3) is 0.375. The molecule has 1 heterocycles. The van der Waals surface area contributed by atoms with Crippen LogP contribution in [0.1, 0.15) is 18.5 Å². The summed E-state index contributed by atoms with van der Waals surface area (Å²) >= 11 is 0. The van der Waals surface area contributed by atoms with Crippen LogP contribution in [0.15, 0.2) is 41.5 Å². The highest BCUT2D eigenvalue weighted by Gasteiger charge is 2.27. The molecular weight excluding hydrogens is 405 g/mol. The van der Waals surface area contributed by atoms with E-state index < -0.39 is 0 Å². The van der Waals surface area contributed by atoms with Crippen LogP contribution in [0.2, 0.25) is 0 Å². The van der Waals surface area contributed by atoms with Gasteiger partial charge in [0.05, 0.1) is 25.0 Å². The third-order valence-corrected chi connectivity index (χ3v) is 3.84. The summed E-state index contributed by atoms with van der Waals surface area (Å²) in [6.45, 7) is 0.492. The van der Waals surface area contributed by atoms with Gasteiger partial charge in [-0.25, -0.2) is 9.67 Å². The molecule has 1 aliphatic carbocycles. The van der Waals surface area contributed by atoms with Crippen LogP contribution >= 0.6 is 24.0 Å². The zero-order chi connectivity index (χ0) is 15.5. The second kappa shape index (κ2) is 7.67. The van der Waals surface area contributed by atoms with Crippen molar-refractivity contribution in [3.63, 3.8) is 0 Å². The van der Waals surface area contributed by atoms with Gasteiger partial charge < -0.3 is 15.4 Å². The van der Waals surface area contributed by atoms with Crippen LogP contribution in [0, 0.1) is 0 Å². The minimum Gasteiger partial charge on any atom is -0.497 e. The minimum atomic E-state index is 0. The Hall–Kier alpha value is -1.77. The summed E-state index contributed by atoms with van der Waals surface area (Å²) in [5.74, 6) is 1.41. The first-order valence-electron chi connectivity index (χ1n) is 7.39. The Morgan fingerprint density at radius 1 is 1.35 bits per heavy atom. The van der Waals surface area contributed by atoms with Gasteiger partial charge >= 0.3 is 0 Å². The monoisotopic (exact) mass is 427 g/mol. The molecule has 0 atom stereocenters. The van der Waals surface area contributed by atoms with Gasteiger partial charge in [-0.1, -0.05) is 0 Å². The van der Waals surface area contributed by atoms with Crippen LogP contribution in [0.5, 0.6) is 5.75 Å². The maximum absolute atomic E-state index is 5.98. The highest BCUT2D eigenvalue weighted by atomic mass is 127. The lowest BCUT2D eigenvalue weighted by Crippen LogP contribution is -2.35. The fourth-order valence-corrected chi connectivity index (χ4v) is 2.25. The summed E-state index contributed by atoms with van der Waals surface area (Å²) in [7, 11) is 3.65. The second-order valence-corrected chi connectivity index (χ2v) is 5.47. The number of hydrogen-bond donors (Lipinski definition) is 1. The summed E-state index contributed by atoms with van der Waals surface area (Å²) in [5, 5.41) is 4.52. The smallest absolute Gasteiger partial charge is 0.191 e. The first-order valence-corrected chi connectivity index (χ1v) is 7.39. The number of benzene rings is 1. The number of methoxy groups -OCH3 is 1. The predicted molar refractivity (Wildman–Crippen MR) is 102 cm³/mol. The lowest BCUT2D eigenvalue weighted by atomic mass is 10.3. The highest BCUT2D eigenvalue weighted by molar-refractivity contribution is 14.0. The van der Waals surface area contributed by atoms with Gasteiger partial charge in [-0.05, 0) is 43.2 Å². The lowest BCUT2D eigenvalue weighted by Gasteiger charge is -2.16. The molecule has 1 saturated carbocycles. The normalized spacial score (nSPS) is 14.3. The Labute approximate surface area is 153 Å². The lowest BCUT2D eigenvalue weighted by molar-refractivity contribution is 0.414. The maximum Gasteiger partial charge on any atom is 0.191 e. The molecule has 1 aromatic heterocycles. The molecule has 2 N–H and O–H groups in total. The van der Waals surface area contributed by atoms with Gasteiger partial charge in [-0.15, -0.1) is 24.0 Å². The Kier molecular flexibility index (Phi) is 5.86. The van der Waals surface area contributed by atoms with Gasteiger partial charge in [-0.3, -0.25) is 0 Å². The first kappa shape index (κ1) is 17.6. The molecule has 6 nitrogen and oxygen atoms in total. The molecule has 1 fully saturated rings. The van der Waals surface area contributed by atoms with Crippen molar-refractivity contribution in [2.45, 2.75) is 25.4 Å². The van der Waals surface area contributed by atoms with Crippen molar-refractivity contribution in [2.75, 3.05) is 14.2 Å². The third kappa shape index (κ3) is 4.37. The molecule has 2 aromatic rings. The quantitative estimate of drug-likeness (QED) is 0.452. The molecule has 1 aliphatic rings. The molecule has 0 spiro atoms. The van der Waals surface area contributed by atoms with E-state index >= 15 is 0 Å². The summed E-state index contributed by atoms with van der Waals surface area (Å²) in [6.07, 6.45) is 4.34. The average molecular weight is 427 g/mol.